The zero-order chi connectivity index (χ0) is 9.14. The molecule has 0 aliphatic rings. The first-order valence-corrected chi connectivity index (χ1v) is 4.70. The molecule has 0 amide bonds. The van der Waals surface area contributed by atoms with E-state index in [1.54, 1.807) is 12.1 Å². The molecule has 1 aromatic rings. The first kappa shape index (κ1) is 9.22. The second kappa shape index (κ2) is 3.69. The van der Waals surface area contributed by atoms with E-state index in [0.717, 1.165) is 12.0 Å². The van der Waals surface area contributed by atoms with Crippen molar-refractivity contribution in [3.05, 3.63) is 23.8 Å². The summed E-state index contributed by atoms with van der Waals surface area (Å²) in [6.45, 7) is 1.93. The third-order valence-electron chi connectivity index (χ3n) is 1.69. The molecular formula is C8H10NO2S-. The predicted octanol–water partition coefficient (Wildman–Crippen LogP) is 1.07. The van der Waals surface area contributed by atoms with Crippen LogP contribution in [0.1, 0.15) is 12.5 Å². The largest absolute Gasteiger partial charge is 0.768 e. The van der Waals surface area contributed by atoms with Crippen molar-refractivity contribution >= 4 is 16.8 Å². The van der Waals surface area contributed by atoms with Crippen molar-refractivity contribution in [1.82, 2.24) is 0 Å². The normalized spacial score (nSPS) is 12.8. The van der Waals surface area contributed by atoms with E-state index < -0.39 is 11.1 Å². The van der Waals surface area contributed by atoms with Gasteiger partial charge in [0, 0.05) is 10.6 Å². The molecule has 1 rings (SSSR count). The minimum atomic E-state index is -2.15. The number of nitrogen functional groups attached to an aromatic ring is 1. The Labute approximate surface area is 73.9 Å². The molecule has 4 heteroatoms. The van der Waals surface area contributed by atoms with Gasteiger partial charge in [0.15, 0.2) is 0 Å². The fraction of sp³-hybridized carbons (Fsp3) is 0.250. The molecule has 0 bridgehead atoms. The summed E-state index contributed by atoms with van der Waals surface area (Å²) in [5, 5.41) is 0. The van der Waals surface area contributed by atoms with E-state index in [1.165, 1.54) is 6.07 Å². The van der Waals surface area contributed by atoms with E-state index in [2.05, 4.69) is 0 Å². The van der Waals surface area contributed by atoms with Gasteiger partial charge >= 0.3 is 0 Å². The highest BCUT2D eigenvalue weighted by molar-refractivity contribution is 7.79. The van der Waals surface area contributed by atoms with Crippen LogP contribution in [0.2, 0.25) is 0 Å². The van der Waals surface area contributed by atoms with Gasteiger partial charge in [-0.15, -0.1) is 0 Å². The SMILES string of the molecule is CCc1cc(S(=O)[O-])ccc1N. The van der Waals surface area contributed by atoms with E-state index in [4.69, 9.17) is 5.73 Å². The van der Waals surface area contributed by atoms with Crippen LogP contribution in [-0.4, -0.2) is 8.76 Å². The second-order valence-corrected chi connectivity index (χ2v) is 3.39. The van der Waals surface area contributed by atoms with Gasteiger partial charge in [0.25, 0.3) is 0 Å². The van der Waals surface area contributed by atoms with Gasteiger partial charge in [0.2, 0.25) is 0 Å². The van der Waals surface area contributed by atoms with E-state index >= 15 is 0 Å². The standard InChI is InChI=1S/C8H11NO2S/c1-2-6-5-7(12(10)11)3-4-8(6)9/h3-5H,2,9H2,1H3,(H,10,11)/p-1. The fourth-order valence-electron chi connectivity index (χ4n) is 0.992. The molecule has 1 unspecified atom stereocenters. The van der Waals surface area contributed by atoms with Crippen LogP contribution in [0.3, 0.4) is 0 Å². The summed E-state index contributed by atoms with van der Waals surface area (Å²) in [6, 6.07) is 4.71. The Kier molecular flexibility index (Phi) is 2.83. The summed E-state index contributed by atoms with van der Waals surface area (Å²) in [5.41, 5.74) is 7.12. The number of aryl methyl sites for hydroxylation is 1. The summed E-state index contributed by atoms with van der Waals surface area (Å²) in [7, 11) is 0. The van der Waals surface area contributed by atoms with Crippen molar-refractivity contribution < 1.29 is 8.76 Å². The third-order valence-corrected chi connectivity index (χ3v) is 2.33. The van der Waals surface area contributed by atoms with Crippen molar-refractivity contribution in [3.8, 4) is 0 Å². The number of hydrogen-bond acceptors (Lipinski definition) is 3. The van der Waals surface area contributed by atoms with Crippen LogP contribution in [0.4, 0.5) is 5.69 Å². The number of hydrogen-bond donors (Lipinski definition) is 1. The van der Waals surface area contributed by atoms with Crippen LogP contribution < -0.4 is 5.73 Å². The zero-order valence-corrected chi connectivity index (χ0v) is 7.56. The first-order valence-electron chi connectivity index (χ1n) is 3.62. The van der Waals surface area contributed by atoms with Crippen LogP contribution in [0.5, 0.6) is 0 Å². The maximum absolute atomic E-state index is 10.5. The third kappa shape index (κ3) is 1.84. The van der Waals surface area contributed by atoms with Gasteiger partial charge < -0.3 is 10.3 Å². The van der Waals surface area contributed by atoms with Gasteiger partial charge in [-0.3, -0.25) is 4.21 Å². The number of rotatable bonds is 2. The van der Waals surface area contributed by atoms with Crippen molar-refractivity contribution in [2.45, 2.75) is 18.2 Å². The quantitative estimate of drug-likeness (QED) is 0.552. The Morgan fingerprint density at radius 2 is 2.25 bits per heavy atom. The molecule has 1 atom stereocenters. The lowest BCUT2D eigenvalue weighted by molar-refractivity contribution is 0.537. The summed E-state index contributed by atoms with van der Waals surface area (Å²) in [5.74, 6) is 0. The van der Waals surface area contributed by atoms with Gasteiger partial charge in [-0.05, 0) is 41.3 Å². The molecule has 0 heterocycles. The van der Waals surface area contributed by atoms with Crippen molar-refractivity contribution in [2.24, 2.45) is 0 Å². The van der Waals surface area contributed by atoms with Gasteiger partial charge in [-0.2, -0.15) is 0 Å². The van der Waals surface area contributed by atoms with E-state index in [1.807, 2.05) is 6.92 Å². The summed E-state index contributed by atoms with van der Waals surface area (Å²) in [6.07, 6.45) is 0.747. The Morgan fingerprint density at radius 1 is 1.58 bits per heavy atom. The molecule has 0 fully saturated rings. The Balaban J connectivity index is 3.13. The molecule has 3 nitrogen and oxygen atoms in total. The number of anilines is 1. The summed E-state index contributed by atoms with van der Waals surface area (Å²) in [4.78, 5) is 0.293. The molecule has 0 radical (unpaired) electrons. The molecule has 0 aliphatic carbocycles. The lowest BCUT2D eigenvalue weighted by Crippen LogP contribution is -1.96. The fourth-order valence-corrected chi connectivity index (χ4v) is 1.41. The highest BCUT2D eigenvalue weighted by Gasteiger charge is 1.98. The van der Waals surface area contributed by atoms with Crippen molar-refractivity contribution in [3.63, 3.8) is 0 Å². The molecule has 0 aromatic heterocycles. The molecule has 2 N–H and O–H groups in total. The summed E-state index contributed by atoms with van der Waals surface area (Å²) >= 11 is -2.15. The van der Waals surface area contributed by atoms with Crippen LogP contribution in [0.15, 0.2) is 23.1 Å². The number of benzene rings is 1. The van der Waals surface area contributed by atoms with E-state index in [9.17, 15) is 8.76 Å². The Hall–Kier alpha value is -0.870. The molecule has 0 saturated heterocycles. The molecule has 0 saturated carbocycles. The highest BCUT2D eigenvalue weighted by Crippen LogP contribution is 2.16. The molecule has 12 heavy (non-hydrogen) atoms. The average molecular weight is 184 g/mol. The first-order chi connectivity index (χ1) is 5.65. The maximum atomic E-state index is 10.5. The second-order valence-electron chi connectivity index (χ2n) is 2.45. The van der Waals surface area contributed by atoms with Crippen LogP contribution in [-0.2, 0) is 17.5 Å². The Bertz CT molecular complexity index is 312. The lowest BCUT2D eigenvalue weighted by atomic mass is 10.1. The van der Waals surface area contributed by atoms with Gasteiger partial charge in [-0.25, -0.2) is 0 Å². The lowest BCUT2D eigenvalue weighted by Gasteiger charge is -2.08. The van der Waals surface area contributed by atoms with Crippen LogP contribution >= 0.6 is 0 Å². The molecular weight excluding hydrogens is 174 g/mol. The topological polar surface area (TPSA) is 66.1 Å². The van der Waals surface area contributed by atoms with Crippen molar-refractivity contribution in [1.29, 1.82) is 0 Å². The van der Waals surface area contributed by atoms with Gasteiger partial charge in [-0.1, -0.05) is 6.92 Å². The number of nitrogens with two attached hydrogens (primary N) is 1. The summed E-state index contributed by atoms with van der Waals surface area (Å²) < 4.78 is 21.1. The molecule has 1 aromatic carbocycles. The average Bonchev–Trinajstić information content (AvgIpc) is 2.05. The van der Waals surface area contributed by atoms with Gasteiger partial charge in [0.05, 0.1) is 0 Å². The maximum Gasteiger partial charge on any atom is 0.0347 e. The van der Waals surface area contributed by atoms with Crippen molar-refractivity contribution in [2.75, 3.05) is 5.73 Å². The smallest absolute Gasteiger partial charge is 0.0347 e. The van der Waals surface area contributed by atoms with Gasteiger partial charge in [0.1, 0.15) is 0 Å². The monoisotopic (exact) mass is 184 g/mol. The molecule has 0 aliphatic heterocycles. The molecule has 66 valence electrons. The predicted molar refractivity (Wildman–Crippen MR) is 47.4 cm³/mol. The zero-order valence-electron chi connectivity index (χ0n) is 6.74. The van der Waals surface area contributed by atoms with E-state index in [0.29, 0.717) is 10.6 Å². The molecule has 0 spiro atoms. The Morgan fingerprint density at radius 3 is 2.75 bits per heavy atom. The highest BCUT2D eigenvalue weighted by atomic mass is 32.2. The van der Waals surface area contributed by atoms with Crippen LogP contribution in [0, 0.1) is 0 Å². The van der Waals surface area contributed by atoms with Crippen LogP contribution in [0.25, 0.3) is 0 Å². The minimum Gasteiger partial charge on any atom is -0.768 e. The minimum absolute atomic E-state index is 0.293. The van der Waals surface area contributed by atoms with E-state index in [-0.39, 0.29) is 0 Å².